The van der Waals surface area contributed by atoms with Gasteiger partial charge in [0, 0.05) is 6.54 Å². The second-order valence-corrected chi connectivity index (χ2v) is 6.23. The van der Waals surface area contributed by atoms with Crippen LogP contribution in [0, 0.1) is 5.92 Å². The summed E-state index contributed by atoms with van der Waals surface area (Å²) in [6.45, 7) is 5.76. The Bertz CT molecular complexity index is 786. The van der Waals surface area contributed by atoms with E-state index in [4.69, 9.17) is 4.74 Å². The fraction of sp³-hybridized carbons (Fsp3) is 0.500. The number of benzene rings is 1. The molecule has 1 fully saturated rings. The zero-order chi connectivity index (χ0) is 17.1. The number of hydrogen-bond donors (Lipinski definition) is 1. The van der Waals surface area contributed by atoms with Crippen LogP contribution in [-0.2, 0) is 9.53 Å². The first-order chi connectivity index (χ1) is 11.6. The molecule has 1 saturated heterocycles. The predicted octanol–water partition coefficient (Wildman–Crippen LogP) is 2.26. The Morgan fingerprint density at radius 1 is 1.46 bits per heavy atom. The molecule has 0 radical (unpaired) electrons. The number of nitrogens with zero attached hydrogens (tertiary/aromatic N) is 2. The van der Waals surface area contributed by atoms with Crippen LogP contribution in [0.25, 0.3) is 10.9 Å². The predicted molar refractivity (Wildman–Crippen MR) is 91.7 cm³/mol. The second-order valence-electron chi connectivity index (χ2n) is 6.23. The Labute approximate surface area is 140 Å². The Balaban J connectivity index is 1.82. The van der Waals surface area contributed by atoms with Crippen LogP contribution >= 0.6 is 0 Å². The first kappa shape index (κ1) is 16.6. The highest BCUT2D eigenvalue weighted by atomic mass is 16.5. The third kappa shape index (κ3) is 3.33. The number of likely N-dealkylation sites (tertiary alicyclic amines) is 1. The molecule has 0 spiro atoms. The minimum Gasteiger partial charge on any atom is -0.466 e. The summed E-state index contributed by atoms with van der Waals surface area (Å²) in [4.78, 5) is 34.0. The van der Waals surface area contributed by atoms with Crippen LogP contribution in [0.15, 0.2) is 29.1 Å². The molecule has 2 atom stereocenters. The van der Waals surface area contributed by atoms with Crippen molar-refractivity contribution < 1.29 is 9.53 Å². The Hall–Kier alpha value is -2.21. The molecule has 1 aliphatic rings. The van der Waals surface area contributed by atoms with Gasteiger partial charge < -0.3 is 9.72 Å². The SMILES string of the molecule is CCOC(=O)[C@@H]1CCCN([C@H](C)c2nc3ccccc3c(=O)[nH]2)C1. The van der Waals surface area contributed by atoms with Crippen molar-refractivity contribution in [2.24, 2.45) is 5.92 Å². The lowest BCUT2D eigenvalue weighted by molar-refractivity contribution is -0.150. The van der Waals surface area contributed by atoms with E-state index in [2.05, 4.69) is 14.9 Å². The summed E-state index contributed by atoms with van der Waals surface area (Å²) >= 11 is 0. The first-order valence-electron chi connectivity index (χ1n) is 8.49. The molecule has 0 amide bonds. The Morgan fingerprint density at radius 3 is 3.04 bits per heavy atom. The summed E-state index contributed by atoms with van der Waals surface area (Å²) in [5, 5.41) is 0.594. The molecule has 2 heterocycles. The van der Waals surface area contributed by atoms with E-state index in [0.717, 1.165) is 19.4 Å². The van der Waals surface area contributed by atoms with Crippen molar-refractivity contribution in [3.8, 4) is 0 Å². The summed E-state index contributed by atoms with van der Waals surface area (Å²) in [6, 6.07) is 7.27. The van der Waals surface area contributed by atoms with Gasteiger partial charge in [0.2, 0.25) is 0 Å². The summed E-state index contributed by atoms with van der Waals surface area (Å²) in [6.07, 6.45) is 1.79. The van der Waals surface area contributed by atoms with Crippen LogP contribution in [0.4, 0.5) is 0 Å². The molecule has 2 aromatic rings. The average Bonchev–Trinajstić information content (AvgIpc) is 2.61. The highest BCUT2D eigenvalue weighted by molar-refractivity contribution is 5.77. The minimum atomic E-state index is -0.130. The van der Waals surface area contributed by atoms with Gasteiger partial charge in [-0.05, 0) is 45.4 Å². The number of ether oxygens (including phenoxy) is 1. The molecule has 1 aromatic carbocycles. The molecule has 6 nitrogen and oxygen atoms in total. The van der Waals surface area contributed by atoms with Crippen LogP contribution in [0.2, 0.25) is 0 Å². The Morgan fingerprint density at radius 2 is 2.25 bits per heavy atom. The van der Waals surface area contributed by atoms with Crippen molar-refractivity contribution in [1.29, 1.82) is 0 Å². The number of H-pyrrole nitrogens is 1. The fourth-order valence-corrected chi connectivity index (χ4v) is 3.29. The number of hydrogen-bond acceptors (Lipinski definition) is 5. The van der Waals surface area contributed by atoms with E-state index in [1.165, 1.54) is 0 Å². The van der Waals surface area contributed by atoms with Gasteiger partial charge in [-0.15, -0.1) is 0 Å². The quantitative estimate of drug-likeness (QED) is 0.871. The lowest BCUT2D eigenvalue weighted by atomic mass is 9.97. The van der Waals surface area contributed by atoms with E-state index in [1.807, 2.05) is 32.0 Å². The van der Waals surface area contributed by atoms with E-state index < -0.39 is 0 Å². The van der Waals surface area contributed by atoms with Gasteiger partial charge in [0.25, 0.3) is 5.56 Å². The highest BCUT2D eigenvalue weighted by Crippen LogP contribution is 2.25. The van der Waals surface area contributed by atoms with Gasteiger partial charge in [-0.1, -0.05) is 12.1 Å². The Kier molecular flexibility index (Phi) is 4.94. The molecule has 1 N–H and O–H groups in total. The number of fused-ring (bicyclic) bond motifs is 1. The van der Waals surface area contributed by atoms with Crippen molar-refractivity contribution in [2.45, 2.75) is 32.7 Å². The number of rotatable bonds is 4. The number of piperidine rings is 1. The van der Waals surface area contributed by atoms with Crippen LogP contribution < -0.4 is 5.56 Å². The fourth-order valence-electron chi connectivity index (χ4n) is 3.29. The largest absolute Gasteiger partial charge is 0.466 e. The standard InChI is InChI=1S/C18H23N3O3/c1-3-24-18(23)13-7-6-10-21(11-13)12(2)16-19-15-9-5-4-8-14(15)17(22)20-16/h4-5,8-9,12-13H,3,6-7,10-11H2,1-2H3,(H,19,20,22)/t12-,13-/m1/s1. The highest BCUT2D eigenvalue weighted by Gasteiger charge is 2.30. The molecule has 1 aromatic heterocycles. The van der Waals surface area contributed by atoms with Crippen molar-refractivity contribution in [2.75, 3.05) is 19.7 Å². The molecule has 6 heteroatoms. The van der Waals surface area contributed by atoms with E-state index in [-0.39, 0.29) is 23.5 Å². The number of carbonyl (C=O) groups is 1. The van der Waals surface area contributed by atoms with Crippen molar-refractivity contribution >= 4 is 16.9 Å². The summed E-state index contributed by atoms with van der Waals surface area (Å²) in [7, 11) is 0. The number of para-hydroxylation sites is 1. The second kappa shape index (κ2) is 7.13. The van der Waals surface area contributed by atoms with Gasteiger partial charge in [0.1, 0.15) is 5.82 Å². The topological polar surface area (TPSA) is 75.3 Å². The summed E-state index contributed by atoms with van der Waals surface area (Å²) in [5.41, 5.74) is 0.573. The van der Waals surface area contributed by atoms with E-state index in [0.29, 0.717) is 29.9 Å². The third-order valence-corrected chi connectivity index (χ3v) is 4.65. The van der Waals surface area contributed by atoms with Crippen molar-refractivity contribution in [1.82, 2.24) is 14.9 Å². The zero-order valence-electron chi connectivity index (χ0n) is 14.1. The number of carbonyl (C=O) groups excluding carboxylic acids is 1. The molecular weight excluding hydrogens is 306 g/mol. The van der Waals surface area contributed by atoms with Gasteiger partial charge in [0.05, 0.1) is 29.5 Å². The van der Waals surface area contributed by atoms with Crippen LogP contribution in [0.5, 0.6) is 0 Å². The van der Waals surface area contributed by atoms with Crippen LogP contribution in [-0.4, -0.2) is 40.5 Å². The molecule has 128 valence electrons. The van der Waals surface area contributed by atoms with E-state index in [9.17, 15) is 9.59 Å². The molecule has 0 bridgehead atoms. The maximum Gasteiger partial charge on any atom is 0.310 e. The van der Waals surface area contributed by atoms with Crippen molar-refractivity contribution in [3.63, 3.8) is 0 Å². The van der Waals surface area contributed by atoms with Gasteiger partial charge in [-0.2, -0.15) is 0 Å². The summed E-state index contributed by atoms with van der Waals surface area (Å²) in [5.74, 6) is 0.408. The average molecular weight is 329 g/mol. The van der Waals surface area contributed by atoms with Crippen LogP contribution in [0.1, 0.15) is 38.6 Å². The smallest absolute Gasteiger partial charge is 0.310 e. The molecule has 3 rings (SSSR count). The molecular formula is C18H23N3O3. The van der Waals surface area contributed by atoms with Crippen LogP contribution in [0.3, 0.4) is 0 Å². The maximum atomic E-state index is 12.3. The molecule has 1 aliphatic heterocycles. The molecule has 0 saturated carbocycles. The van der Waals surface area contributed by atoms with Gasteiger partial charge in [0.15, 0.2) is 0 Å². The van der Waals surface area contributed by atoms with E-state index in [1.54, 1.807) is 6.07 Å². The number of esters is 1. The van der Waals surface area contributed by atoms with Crippen molar-refractivity contribution in [3.05, 3.63) is 40.4 Å². The van der Waals surface area contributed by atoms with Gasteiger partial charge >= 0.3 is 5.97 Å². The summed E-state index contributed by atoms with van der Waals surface area (Å²) < 4.78 is 5.15. The van der Waals surface area contributed by atoms with E-state index >= 15 is 0 Å². The number of aromatic nitrogens is 2. The number of aromatic amines is 1. The first-order valence-corrected chi connectivity index (χ1v) is 8.49. The normalized spacial score (nSPS) is 20.0. The number of nitrogens with one attached hydrogen (secondary N) is 1. The molecule has 24 heavy (non-hydrogen) atoms. The maximum absolute atomic E-state index is 12.3. The lowest BCUT2D eigenvalue weighted by Crippen LogP contribution is -2.41. The van der Waals surface area contributed by atoms with Gasteiger partial charge in [-0.25, -0.2) is 4.98 Å². The minimum absolute atomic E-state index is 0.0560. The van der Waals surface area contributed by atoms with Gasteiger partial charge in [-0.3, -0.25) is 14.5 Å². The third-order valence-electron chi connectivity index (χ3n) is 4.65. The molecule has 0 aliphatic carbocycles. The zero-order valence-corrected chi connectivity index (χ0v) is 14.1. The lowest BCUT2D eigenvalue weighted by Gasteiger charge is -2.35. The monoisotopic (exact) mass is 329 g/mol. The molecule has 0 unspecified atom stereocenters.